The number of hydrogen-bond donors (Lipinski definition) is 2. The standard InChI is InChI=1S/C11H14N2O3/c12-9-5-3-8(4-6-9)11(16)13-7-1-2-10(14)15/h3-6H,1-2,7,12H2,(H,13,16)(H,14,15)/p-1. The Morgan fingerprint density at radius 1 is 1.25 bits per heavy atom. The molecule has 0 radical (unpaired) electrons. The second-order valence-electron chi connectivity index (χ2n) is 3.35. The molecule has 0 aromatic heterocycles. The number of benzene rings is 1. The molecule has 0 aliphatic heterocycles. The van der Waals surface area contributed by atoms with E-state index in [0.717, 1.165) is 0 Å². The van der Waals surface area contributed by atoms with Crippen molar-refractivity contribution in [2.45, 2.75) is 12.8 Å². The van der Waals surface area contributed by atoms with Crippen LogP contribution in [0.25, 0.3) is 0 Å². The van der Waals surface area contributed by atoms with Crippen molar-refractivity contribution >= 4 is 17.6 Å². The predicted octanol–water partition coefficient (Wildman–Crippen LogP) is -0.471. The minimum atomic E-state index is -1.11. The summed E-state index contributed by atoms with van der Waals surface area (Å²) in [5.41, 5.74) is 6.57. The highest BCUT2D eigenvalue weighted by atomic mass is 16.4. The number of hydrogen-bond acceptors (Lipinski definition) is 4. The third-order valence-corrected chi connectivity index (χ3v) is 2.02. The number of carboxylic acid groups (broad SMARTS) is 1. The van der Waals surface area contributed by atoms with Gasteiger partial charge in [-0.2, -0.15) is 0 Å². The van der Waals surface area contributed by atoms with Crippen molar-refractivity contribution in [1.82, 2.24) is 5.32 Å². The highest BCUT2D eigenvalue weighted by Gasteiger charge is 2.03. The van der Waals surface area contributed by atoms with Gasteiger partial charge < -0.3 is 21.0 Å². The van der Waals surface area contributed by atoms with E-state index in [9.17, 15) is 14.7 Å². The van der Waals surface area contributed by atoms with E-state index in [1.165, 1.54) is 0 Å². The lowest BCUT2D eigenvalue weighted by atomic mass is 10.2. The quantitative estimate of drug-likeness (QED) is 0.519. The first-order chi connectivity index (χ1) is 7.59. The van der Waals surface area contributed by atoms with E-state index in [4.69, 9.17) is 5.73 Å². The van der Waals surface area contributed by atoms with Crippen molar-refractivity contribution < 1.29 is 14.7 Å². The lowest BCUT2D eigenvalue weighted by Gasteiger charge is -2.05. The van der Waals surface area contributed by atoms with Gasteiger partial charge in [-0.05, 0) is 37.1 Å². The molecule has 3 N–H and O–H groups in total. The van der Waals surface area contributed by atoms with Gasteiger partial charge in [-0.25, -0.2) is 0 Å². The van der Waals surface area contributed by atoms with Gasteiger partial charge in [-0.15, -0.1) is 0 Å². The van der Waals surface area contributed by atoms with Crippen LogP contribution in [-0.4, -0.2) is 18.4 Å². The second-order valence-corrected chi connectivity index (χ2v) is 3.35. The van der Waals surface area contributed by atoms with Crippen LogP contribution < -0.4 is 16.2 Å². The van der Waals surface area contributed by atoms with Gasteiger partial charge in [0, 0.05) is 23.8 Å². The molecular weight excluding hydrogens is 208 g/mol. The summed E-state index contributed by atoms with van der Waals surface area (Å²) in [4.78, 5) is 21.6. The van der Waals surface area contributed by atoms with Crippen molar-refractivity contribution in [2.24, 2.45) is 0 Å². The molecule has 0 heterocycles. The Labute approximate surface area is 93.3 Å². The Morgan fingerprint density at radius 3 is 2.44 bits per heavy atom. The van der Waals surface area contributed by atoms with Gasteiger partial charge in [0.25, 0.3) is 5.91 Å². The molecule has 86 valence electrons. The van der Waals surface area contributed by atoms with E-state index in [1.807, 2.05) is 0 Å². The average Bonchev–Trinajstić information content (AvgIpc) is 2.25. The van der Waals surface area contributed by atoms with Crippen LogP contribution in [0.2, 0.25) is 0 Å². The molecule has 0 fully saturated rings. The molecule has 5 nitrogen and oxygen atoms in total. The van der Waals surface area contributed by atoms with Gasteiger partial charge in [0.05, 0.1) is 0 Å². The molecule has 0 saturated carbocycles. The van der Waals surface area contributed by atoms with E-state index in [0.29, 0.717) is 24.2 Å². The normalized spacial score (nSPS) is 9.75. The Kier molecular flexibility index (Phi) is 4.32. The minimum Gasteiger partial charge on any atom is -0.550 e. The maximum absolute atomic E-state index is 11.5. The van der Waals surface area contributed by atoms with Gasteiger partial charge >= 0.3 is 0 Å². The Bertz CT molecular complexity index is 373. The van der Waals surface area contributed by atoms with Crippen LogP contribution >= 0.6 is 0 Å². The largest absolute Gasteiger partial charge is 0.550 e. The molecule has 16 heavy (non-hydrogen) atoms. The lowest BCUT2D eigenvalue weighted by Crippen LogP contribution is -2.27. The number of anilines is 1. The summed E-state index contributed by atoms with van der Waals surface area (Å²) in [7, 11) is 0. The van der Waals surface area contributed by atoms with E-state index in [-0.39, 0.29) is 12.3 Å². The Balaban J connectivity index is 2.35. The van der Waals surface area contributed by atoms with Crippen LogP contribution in [0.15, 0.2) is 24.3 Å². The smallest absolute Gasteiger partial charge is 0.251 e. The Hall–Kier alpha value is -2.04. The van der Waals surface area contributed by atoms with Crippen LogP contribution in [-0.2, 0) is 4.79 Å². The fraction of sp³-hybridized carbons (Fsp3) is 0.273. The predicted molar refractivity (Wildman–Crippen MR) is 57.4 cm³/mol. The van der Waals surface area contributed by atoms with Crippen molar-refractivity contribution in [3.63, 3.8) is 0 Å². The molecule has 0 atom stereocenters. The number of nitrogens with one attached hydrogen (secondary N) is 1. The molecule has 0 aliphatic rings. The first kappa shape index (κ1) is 12.0. The van der Waals surface area contributed by atoms with E-state index < -0.39 is 5.97 Å². The SMILES string of the molecule is Nc1ccc(C(=O)NCCCC(=O)[O-])cc1. The average molecular weight is 221 g/mol. The molecule has 1 aromatic carbocycles. The molecule has 5 heteroatoms. The van der Waals surface area contributed by atoms with Gasteiger partial charge in [-0.3, -0.25) is 4.79 Å². The molecule has 0 unspecified atom stereocenters. The lowest BCUT2D eigenvalue weighted by molar-refractivity contribution is -0.305. The van der Waals surface area contributed by atoms with Crippen LogP contribution in [0, 0.1) is 0 Å². The molecule has 0 bridgehead atoms. The first-order valence-electron chi connectivity index (χ1n) is 4.93. The number of rotatable bonds is 5. The van der Waals surface area contributed by atoms with Crippen molar-refractivity contribution in [3.8, 4) is 0 Å². The zero-order valence-electron chi connectivity index (χ0n) is 8.73. The summed E-state index contributed by atoms with van der Waals surface area (Å²) in [6, 6.07) is 6.50. The minimum absolute atomic E-state index is 0.0536. The maximum Gasteiger partial charge on any atom is 0.251 e. The number of carbonyl (C=O) groups excluding carboxylic acids is 2. The third kappa shape index (κ3) is 4.00. The third-order valence-electron chi connectivity index (χ3n) is 2.02. The van der Waals surface area contributed by atoms with Crippen LogP contribution in [0.1, 0.15) is 23.2 Å². The van der Waals surface area contributed by atoms with Crippen LogP contribution in [0.3, 0.4) is 0 Å². The Morgan fingerprint density at radius 2 is 1.88 bits per heavy atom. The zero-order valence-corrected chi connectivity index (χ0v) is 8.73. The summed E-state index contributed by atoms with van der Waals surface area (Å²) in [5, 5.41) is 12.7. The van der Waals surface area contributed by atoms with Gasteiger partial charge in [0.2, 0.25) is 0 Å². The topological polar surface area (TPSA) is 95.2 Å². The van der Waals surface area contributed by atoms with E-state index in [1.54, 1.807) is 24.3 Å². The summed E-state index contributed by atoms with van der Waals surface area (Å²) in [6.07, 6.45) is 0.311. The summed E-state index contributed by atoms with van der Waals surface area (Å²) in [5.74, 6) is -1.35. The molecular formula is C11H13N2O3-. The monoisotopic (exact) mass is 221 g/mol. The maximum atomic E-state index is 11.5. The number of nitrogen functional groups attached to an aromatic ring is 1. The number of nitrogens with two attached hydrogens (primary N) is 1. The molecule has 0 saturated heterocycles. The molecule has 0 spiro atoms. The number of carboxylic acids is 1. The van der Waals surface area contributed by atoms with Gasteiger partial charge in [-0.1, -0.05) is 0 Å². The summed E-state index contributed by atoms with van der Waals surface area (Å²) < 4.78 is 0. The van der Waals surface area contributed by atoms with Crippen molar-refractivity contribution in [2.75, 3.05) is 12.3 Å². The number of aliphatic carboxylic acids is 1. The molecule has 1 aromatic rings. The van der Waals surface area contributed by atoms with Gasteiger partial charge in [0.1, 0.15) is 0 Å². The molecule has 0 aliphatic carbocycles. The van der Waals surface area contributed by atoms with Crippen molar-refractivity contribution in [3.05, 3.63) is 29.8 Å². The van der Waals surface area contributed by atoms with Crippen LogP contribution in [0.4, 0.5) is 5.69 Å². The fourth-order valence-electron chi connectivity index (χ4n) is 1.17. The second kappa shape index (κ2) is 5.75. The van der Waals surface area contributed by atoms with E-state index >= 15 is 0 Å². The number of carbonyl (C=O) groups is 2. The van der Waals surface area contributed by atoms with Crippen LogP contribution in [0.5, 0.6) is 0 Å². The van der Waals surface area contributed by atoms with Gasteiger partial charge in [0.15, 0.2) is 0 Å². The van der Waals surface area contributed by atoms with E-state index in [2.05, 4.69) is 5.32 Å². The zero-order chi connectivity index (χ0) is 12.0. The first-order valence-corrected chi connectivity index (χ1v) is 4.93. The van der Waals surface area contributed by atoms with Crippen molar-refractivity contribution in [1.29, 1.82) is 0 Å². The fourth-order valence-corrected chi connectivity index (χ4v) is 1.17. The molecule has 1 rings (SSSR count). The number of amides is 1. The highest BCUT2D eigenvalue weighted by Crippen LogP contribution is 2.04. The summed E-state index contributed by atoms with van der Waals surface area (Å²) in [6.45, 7) is 0.317. The molecule has 1 amide bonds. The summed E-state index contributed by atoms with van der Waals surface area (Å²) >= 11 is 0. The highest BCUT2D eigenvalue weighted by molar-refractivity contribution is 5.94.